The number of halogens is 3. The molecule has 0 bridgehead atoms. The fourth-order valence-electron chi connectivity index (χ4n) is 1.30. The van der Waals surface area contributed by atoms with Crippen molar-refractivity contribution >= 4 is 17.7 Å². The predicted octanol–water partition coefficient (Wildman–Crippen LogP) is 3.38. The first kappa shape index (κ1) is 20.3. The van der Waals surface area contributed by atoms with Gasteiger partial charge in [0.25, 0.3) is 0 Å². The molecule has 0 aromatic heterocycles. The number of nitrogens with one attached hydrogen (secondary N) is 2. The molecule has 0 heterocycles. The van der Waals surface area contributed by atoms with Crippen LogP contribution in [-0.2, 0) is 11.0 Å². The number of allylic oxidation sites excluding steroid dienone is 1. The maximum Gasteiger partial charge on any atom is 0.416 e. The van der Waals surface area contributed by atoms with Gasteiger partial charge in [-0.3, -0.25) is 0 Å². The van der Waals surface area contributed by atoms with Crippen LogP contribution in [0.15, 0.2) is 36.0 Å². The molecule has 0 atom stereocenters. The summed E-state index contributed by atoms with van der Waals surface area (Å²) >= 11 is 0. The van der Waals surface area contributed by atoms with Crippen LogP contribution in [0.4, 0.5) is 23.7 Å². The van der Waals surface area contributed by atoms with E-state index in [1.165, 1.54) is 19.2 Å². The monoisotopic (exact) mass is 334 g/mol. The Hall–Kier alpha value is -2.71. The highest BCUT2D eigenvalue weighted by molar-refractivity contribution is 5.81. The van der Waals surface area contributed by atoms with Crippen molar-refractivity contribution in [3.63, 3.8) is 0 Å². The molecule has 0 aliphatic carbocycles. The third-order valence-corrected chi connectivity index (χ3v) is 2.41. The second kappa shape index (κ2) is 9.34. The highest BCUT2D eigenvalue weighted by atomic mass is 19.4. The summed E-state index contributed by atoms with van der Waals surface area (Å²) in [5, 5.41) is 20.9. The molecule has 1 amide bonds. The summed E-state index contributed by atoms with van der Waals surface area (Å²) in [6, 6.07) is 4.40. The smallest absolute Gasteiger partial charge is 0.416 e. The van der Waals surface area contributed by atoms with E-state index in [0.717, 1.165) is 18.2 Å². The van der Waals surface area contributed by atoms with Crippen LogP contribution in [0.3, 0.4) is 0 Å². The second-order valence-corrected chi connectivity index (χ2v) is 4.12. The highest BCUT2D eigenvalue weighted by Crippen LogP contribution is 2.30. The van der Waals surface area contributed by atoms with Crippen LogP contribution in [-0.4, -0.2) is 29.3 Å². The highest BCUT2D eigenvalue weighted by Gasteiger charge is 2.29. The molecule has 0 saturated heterocycles. The van der Waals surface area contributed by atoms with Gasteiger partial charge in [0.2, 0.25) is 0 Å². The summed E-state index contributed by atoms with van der Waals surface area (Å²) in [5.41, 5.74) is 0.0907. The SMILES string of the molecule is CCC(=CC(=O)O)Nc1ccc(C(F)(F)F)cc1.CNC(=O)O. The summed E-state index contributed by atoms with van der Waals surface area (Å²) < 4.78 is 36.9. The van der Waals surface area contributed by atoms with E-state index in [0.29, 0.717) is 17.8 Å². The number of benzene rings is 1. The van der Waals surface area contributed by atoms with Crippen molar-refractivity contribution in [3.8, 4) is 0 Å². The molecule has 6 nitrogen and oxygen atoms in total. The van der Waals surface area contributed by atoms with Crippen LogP contribution in [0.5, 0.6) is 0 Å². The molecule has 0 aliphatic heterocycles. The first-order valence-electron chi connectivity index (χ1n) is 6.38. The summed E-state index contributed by atoms with van der Waals surface area (Å²) in [4.78, 5) is 19.7. The molecular weight excluding hydrogens is 317 g/mol. The lowest BCUT2D eigenvalue weighted by Gasteiger charge is -2.10. The van der Waals surface area contributed by atoms with Gasteiger partial charge in [-0.25, -0.2) is 9.59 Å². The number of alkyl halides is 3. The zero-order valence-electron chi connectivity index (χ0n) is 12.4. The first-order chi connectivity index (χ1) is 10.6. The Balaban J connectivity index is 0.000000841. The number of anilines is 1. The van der Waals surface area contributed by atoms with E-state index in [-0.39, 0.29) is 0 Å². The summed E-state index contributed by atoms with van der Waals surface area (Å²) in [6.45, 7) is 1.74. The first-order valence-corrected chi connectivity index (χ1v) is 6.38. The zero-order valence-corrected chi connectivity index (χ0v) is 12.4. The summed E-state index contributed by atoms with van der Waals surface area (Å²) in [7, 11) is 1.35. The van der Waals surface area contributed by atoms with Crippen molar-refractivity contribution < 1.29 is 33.0 Å². The standard InChI is InChI=1S/C12H12F3NO2.C2H5NO2/c1-2-9(7-11(17)18)16-10-5-3-8(4-6-10)12(13,14)15;1-3-2(4)5/h3-7,16H,2H2,1H3,(H,17,18);3H,1H3,(H,4,5). The lowest BCUT2D eigenvalue weighted by atomic mass is 10.2. The van der Waals surface area contributed by atoms with Crippen molar-refractivity contribution in [1.29, 1.82) is 0 Å². The Bertz CT molecular complexity index is 554. The molecule has 1 aromatic rings. The molecule has 1 rings (SSSR count). The van der Waals surface area contributed by atoms with Crippen molar-refractivity contribution in [2.24, 2.45) is 0 Å². The average Bonchev–Trinajstić information content (AvgIpc) is 2.46. The van der Waals surface area contributed by atoms with Crippen LogP contribution >= 0.6 is 0 Å². The molecule has 0 aliphatic rings. The number of rotatable bonds is 4. The maximum atomic E-state index is 12.3. The molecule has 4 N–H and O–H groups in total. The van der Waals surface area contributed by atoms with Crippen molar-refractivity contribution in [3.05, 3.63) is 41.6 Å². The minimum absolute atomic E-state index is 0.414. The van der Waals surface area contributed by atoms with Gasteiger partial charge in [-0.2, -0.15) is 13.2 Å². The molecule has 1 aromatic carbocycles. The second-order valence-electron chi connectivity index (χ2n) is 4.12. The van der Waals surface area contributed by atoms with E-state index in [2.05, 4.69) is 5.32 Å². The van der Waals surface area contributed by atoms with E-state index >= 15 is 0 Å². The Kier molecular flexibility index (Phi) is 8.24. The zero-order chi connectivity index (χ0) is 18.0. The van der Waals surface area contributed by atoms with Crippen molar-refractivity contribution in [1.82, 2.24) is 5.32 Å². The molecular formula is C14H17F3N2O4. The van der Waals surface area contributed by atoms with Crippen LogP contribution in [0.2, 0.25) is 0 Å². The molecule has 128 valence electrons. The normalized spacial score (nSPS) is 11.1. The quantitative estimate of drug-likeness (QED) is 0.633. The lowest BCUT2D eigenvalue weighted by Crippen LogP contribution is -2.13. The Labute approximate surface area is 130 Å². The third kappa shape index (κ3) is 9.02. The fourth-order valence-corrected chi connectivity index (χ4v) is 1.30. The molecule has 0 spiro atoms. The van der Waals surface area contributed by atoms with Gasteiger partial charge in [0.15, 0.2) is 0 Å². The Morgan fingerprint density at radius 3 is 1.96 bits per heavy atom. The number of amides is 1. The van der Waals surface area contributed by atoms with Gasteiger partial charge in [0.1, 0.15) is 0 Å². The van der Waals surface area contributed by atoms with Gasteiger partial charge in [-0.1, -0.05) is 6.92 Å². The number of carboxylic acids is 1. The number of aliphatic carboxylic acids is 1. The lowest BCUT2D eigenvalue weighted by molar-refractivity contribution is -0.137. The van der Waals surface area contributed by atoms with Crippen molar-refractivity contribution in [2.75, 3.05) is 12.4 Å². The van der Waals surface area contributed by atoms with E-state index in [9.17, 15) is 22.8 Å². The number of hydrogen-bond acceptors (Lipinski definition) is 3. The average molecular weight is 334 g/mol. The fraction of sp³-hybridized carbons (Fsp3) is 0.286. The van der Waals surface area contributed by atoms with Gasteiger partial charge in [-0.15, -0.1) is 0 Å². The van der Waals surface area contributed by atoms with Crippen LogP contribution < -0.4 is 10.6 Å². The summed E-state index contributed by atoms with van der Waals surface area (Å²) in [6.07, 6.45) is -3.95. The third-order valence-electron chi connectivity index (χ3n) is 2.41. The predicted molar refractivity (Wildman–Crippen MR) is 78.2 cm³/mol. The van der Waals surface area contributed by atoms with Gasteiger partial charge in [0.05, 0.1) is 5.56 Å². The van der Waals surface area contributed by atoms with Gasteiger partial charge in [0, 0.05) is 24.5 Å². The number of hydrogen-bond donors (Lipinski definition) is 4. The van der Waals surface area contributed by atoms with E-state index in [1.54, 1.807) is 6.92 Å². The molecule has 0 radical (unpaired) electrons. The van der Waals surface area contributed by atoms with Gasteiger partial charge < -0.3 is 20.8 Å². The molecule has 9 heteroatoms. The van der Waals surface area contributed by atoms with Gasteiger partial charge in [-0.05, 0) is 30.7 Å². The van der Waals surface area contributed by atoms with E-state index in [4.69, 9.17) is 10.2 Å². The maximum absolute atomic E-state index is 12.3. The molecule has 0 fully saturated rings. The number of carboxylic acid groups (broad SMARTS) is 2. The topological polar surface area (TPSA) is 98.7 Å². The minimum atomic E-state index is -4.37. The Morgan fingerprint density at radius 1 is 1.17 bits per heavy atom. The van der Waals surface area contributed by atoms with E-state index < -0.39 is 23.8 Å². The summed E-state index contributed by atoms with van der Waals surface area (Å²) in [5.74, 6) is -1.11. The number of carbonyl (C=O) groups is 2. The molecule has 0 saturated carbocycles. The van der Waals surface area contributed by atoms with Crippen molar-refractivity contribution in [2.45, 2.75) is 19.5 Å². The van der Waals surface area contributed by atoms with Gasteiger partial charge >= 0.3 is 18.2 Å². The Morgan fingerprint density at radius 2 is 1.65 bits per heavy atom. The van der Waals surface area contributed by atoms with E-state index in [1.807, 2.05) is 5.32 Å². The van der Waals surface area contributed by atoms with Crippen LogP contribution in [0, 0.1) is 0 Å². The molecule has 0 unspecified atom stereocenters. The largest absolute Gasteiger partial charge is 0.478 e. The molecule has 23 heavy (non-hydrogen) atoms. The minimum Gasteiger partial charge on any atom is -0.478 e. The van der Waals surface area contributed by atoms with Crippen LogP contribution in [0.25, 0.3) is 0 Å². The van der Waals surface area contributed by atoms with Crippen LogP contribution in [0.1, 0.15) is 18.9 Å².